The van der Waals surface area contributed by atoms with Crippen LogP contribution in [0.3, 0.4) is 0 Å². The fourth-order valence-corrected chi connectivity index (χ4v) is 1.62. The van der Waals surface area contributed by atoms with Crippen molar-refractivity contribution < 1.29 is 31.4 Å². The average Bonchev–Trinajstić information content (AvgIpc) is 2.34. The van der Waals surface area contributed by atoms with Gasteiger partial charge in [-0.15, -0.1) is 0 Å². The molecule has 3 N–H and O–H groups in total. The van der Waals surface area contributed by atoms with Gasteiger partial charge in [-0.25, -0.2) is 0 Å². The van der Waals surface area contributed by atoms with Crippen LogP contribution in [0.2, 0.25) is 0 Å². The fourth-order valence-electron chi connectivity index (χ4n) is 1.62. The van der Waals surface area contributed by atoms with Gasteiger partial charge in [-0.2, -0.15) is 26.3 Å². The SMILES string of the molecule is CC[C@@H](N)[C@H](O)c1cc(C(F)(F)F)cc(C(F)(F)F)c1. The lowest BCUT2D eigenvalue weighted by molar-refractivity contribution is -0.143. The third kappa shape index (κ3) is 3.86. The van der Waals surface area contributed by atoms with E-state index in [0.29, 0.717) is 12.1 Å². The molecule has 0 heterocycles. The lowest BCUT2D eigenvalue weighted by Gasteiger charge is -2.20. The van der Waals surface area contributed by atoms with Gasteiger partial charge in [0.25, 0.3) is 0 Å². The van der Waals surface area contributed by atoms with Gasteiger partial charge < -0.3 is 10.8 Å². The molecule has 8 heteroatoms. The minimum atomic E-state index is -4.94. The first-order chi connectivity index (χ1) is 8.96. The highest BCUT2D eigenvalue weighted by Crippen LogP contribution is 2.37. The molecule has 0 radical (unpaired) electrons. The van der Waals surface area contributed by atoms with E-state index in [-0.39, 0.29) is 12.5 Å². The van der Waals surface area contributed by atoms with E-state index in [2.05, 4.69) is 0 Å². The van der Waals surface area contributed by atoms with Crippen LogP contribution in [0.25, 0.3) is 0 Å². The van der Waals surface area contributed by atoms with E-state index in [9.17, 15) is 31.4 Å². The smallest absolute Gasteiger partial charge is 0.387 e. The number of hydrogen-bond donors (Lipinski definition) is 2. The van der Waals surface area contributed by atoms with Crippen LogP contribution in [0.5, 0.6) is 0 Å². The molecule has 2 nitrogen and oxygen atoms in total. The zero-order chi connectivity index (χ0) is 15.7. The fraction of sp³-hybridized carbons (Fsp3) is 0.500. The summed E-state index contributed by atoms with van der Waals surface area (Å²) >= 11 is 0. The van der Waals surface area contributed by atoms with Crippen molar-refractivity contribution in [1.82, 2.24) is 0 Å². The van der Waals surface area contributed by atoms with Crippen molar-refractivity contribution in [3.8, 4) is 0 Å². The van der Waals surface area contributed by atoms with Crippen molar-refractivity contribution in [1.29, 1.82) is 0 Å². The Bertz CT molecular complexity index is 436. The molecule has 1 aromatic carbocycles. The van der Waals surface area contributed by atoms with E-state index < -0.39 is 41.2 Å². The molecule has 2 atom stereocenters. The standard InChI is InChI=1S/C12H13F6NO/c1-2-9(19)10(20)6-3-7(11(13,14)15)5-8(4-6)12(16,17)18/h3-5,9-10,20H,2,19H2,1H3/t9-,10-/m1/s1. The first kappa shape index (κ1) is 16.8. The van der Waals surface area contributed by atoms with Gasteiger partial charge in [0.15, 0.2) is 0 Å². The minimum Gasteiger partial charge on any atom is -0.387 e. The number of aliphatic hydroxyl groups is 1. The summed E-state index contributed by atoms with van der Waals surface area (Å²) in [5, 5.41) is 9.71. The molecule has 0 aliphatic heterocycles. The molecule has 0 saturated heterocycles. The summed E-state index contributed by atoms with van der Waals surface area (Å²) in [6.45, 7) is 1.56. The van der Waals surface area contributed by atoms with Crippen LogP contribution in [-0.4, -0.2) is 11.1 Å². The second kappa shape index (κ2) is 5.61. The van der Waals surface area contributed by atoms with Gasteiger partial charge in [0, 0.05) is 6.04 Å². The van der Waals surface area contributed by atoms with Crippen LogP contribution in [0, 0.1) is 0 Å². The van der Waals surface area contributed by atoms with E-state index >= 15 is 0 Å². The molecule has 0 aromatic heterocycles. The summed E-state index contributed by atoms with van der Waals surface area (Å²) in [5.74, 6) is 0. The average molecular weight is 301 g/mol. The zero-order valence-electron chi connectivity index (χ0n) is 10.4. The molecule has 1 aromatic rings. The van der Waals surface area contributed by atoms with Crippen molar-refractivity contribution in [3.05, 3.63) is 34.9 Å². The molecular weight excluding hydrogens is 288 g/mol. The van der Waals surface area contributed by atoms with E-state index in [1.165, 1.54) is 0 Å². The van der Waals surface area contributed by atoms with Gasteiger partial charge >= 0.3 is 12.4 Å². The number of aliphatic hydroxyl groups excluding tert-OH is 1. The Hall–Kier alpha value is -1.28. The predicted octanol–water partition coefficient (Wildman–Crippen LogP) is 3.49. The first-order valence-electron chi connectivity index (χ1n) is 5.69. The molecule has 0 bridgehead atoms. The van der Waals surface area contributed by atoms with Crippen LogP contribution >= 0.6 is 0 Å². The molecule has 0 unspecified atom stereocenters. The number of halogens is 6. The van der Waals surface area contributed by atoms with Crippen molar-refractivity contribution in [3.63, 3.8) is 0 Å². The van der Waals surface area contributed by atoms with E-state index in [1.54, 1.807) is 6.92 Å². The maximum atomic E-state index is 12.6. The molecule has 0 aliphatic rings. The highest BCUT2D eigenvalue weighted by Gasteiger charge is 2.37. The molecule has 1 rings (SSSR count). The molecular formula is C12H13F6NO. The monoisotopic (exact) mass is 301 g/mol. The molecule has 0 aliphatic carbocycles. The maximum Gasteiger partial charge on any atom is 0.416 e. The summed E-state index contributed by atoms with van der Waals surface area (Å²) in [7, 11) is 0. The lowest BCUT2D eigenvalue weighted by atomic mass is 9.96. The third-order valence-electron chi connectivity index (χ3n) is 2.83. The quantitative estimate of drug-likeness (QED) is 0.839. The van der Waals surface area contributed by atoms with Gasteiger partial charge in [0.1, 0.15) is 0 Å². The Morgan fingerprint density at radius 3 is 1.70 bits per heavy atom. The molecule has 0 saturated carbocycles. The van der Waals surface area contributed by atoms with E-state index in [4.69, 9.17) is 5.73 Å². The molecule has 20 heavy (non-hydrogen) atoms. The van der Waals surface area contributed by atoms with Gasteiger partial charge in [-0.3, -0.25) is 0 Å². The third-order valence-corrected chi connectivity index (χ3v) is 2.83. The Labute approximate surface area is 111 Å². The topological polar surface area (TPSA) is 46.2 Å². The Morgan fingerprint density at radius 1 is 1.00 bits per heavy atom. The zero-order valence-corrected chi connectivity index (χ0v) is 10.4. The summed E-state index contributed by atoms with van der Waals surface area (Å²) in [4.78, 5) is 0. The summed E-state index contributed by atoms with van der Waals surface area (Å²) in [6, 6.07) is 0.0259. The van der Waals surface area contributed by atoms with Crippen molar-refractivity contribution >= 4 is 0 Å². The van der Waals surface area contributed by atoms with Gasteiger partial charge in [-0.1, -0.05) is 6.92 Å². The van der Waals surface area contributed by atoms with Crippen LogP contribution in [-0.2, 0) is 12.4 Å². The van der Waals surface area contributed by atoms with Crippen molar-refractivity contribution in [2.75, 3.05) is 0 Å². The van der Waals surface area contributed by atoms with Crippen LogP contribution in [0.1, 0.15) is 36.1 Å². The number of nitrogens with two attached hydrogens (primary N) is 1. The Balaban J connectivity index is 3.38. The van der Waals surface area contributed by atoms with Crippen LogP contribution in [0.15, 0.2) is 18.2 Å². The molecule has 0 fully saturated rings. The highest BCUT2D eigenvalue weighted by molar-refractivity contribution is 5.35. The van der Waals surface area contributed by atoms with E-state index in [0.717, 1.165) is 0 Å². The Kier molecular flexibility index (Phi) is 4.70. The number of alkyl halides is 6. The second-order valence-corrected chi connectivity index (χ2v) is 4.36. The van der Waals surface area contributed by atoms with Gasteiger partial charge in [0.05, 0.1) is 17.2 Å². The van der Waals surface area contributed by atoms with Gasteiger partial charge in [-0.05, 0) is 30.2 Å². The highest BCUT2D eigenvalue weighted by atomic mass is 19.4. The predicted molar refractivity (Wildman–Crippen MR) is 59.7 cm³/mol. The number of rotatable bonds is 3. The Morgan fingerprint density at radius 2 is 1.40 bits per heavy atom. The molecule has 0 amide bonds. The second-order valence-electron chi connectivity index (χ2n) is 4.36. The maximum absolute atomic E-state index is 12.6. The normalized spacial score (nSPS) is 16.1. The van der Waals surface area contributed by atoms with Crippen molar-refractivity contribution in [2.24, 2.45) is 5.73 Å². The molecule has 0 spiro atoms. The summed E-state index contributed by atoms with van der Waals surface area (Å²) < 4.78 is 75.6. The van der Waals surface area contributed by atoms with Gasteiger partial charge in [0.2, 0.25) is 0 Å². The van der Waals surface area contributed by atoms with Crippen LogP contribution < -0.4 is 5.73 Å². The van der Waals surface area contributed by atoms with Crippen molar-refractivity contribution in [2.45, 2.75) is 37.8 Å². The minimum absolute atomic E-state index is 0.00763. The first-order valence-corrected chi connectivity index (χ1v) is 5.69. The summed E-state index contributed by atoms with van der Waals surface area (Å²) in [6.07, 6.45) is -11.3. The molecule has 114 valence electrons. The number of benzene rings is 1. The summed E-state index contributed by atoms with van der Waals surface area (Å²) in [5.41, 5.74) is 2.02. The van der Waals surface area contributed by atoms with E-state index in [1.807, 2.05) is 0 Å². The van der Waals surface area contributed by atoms with Crippen LogP contribution in [0.4, 0.5) is 26.3 Å². The largest absolute Gasteiger partial charge is 0.416 e. The number of hydrogen-bond acceptors (Lipinski definition) is 2. The lowest BCUT2D eigenvalue weighted by Crippen LogP contribution is -2.28.